The number of piperidine rings is 1. The lowest BCUT2D eigenvalue weighted by molar-refractivity contribution is 0.161. The molecule has 0 aliphatic carbocycles. The fraction of sp³-hybridized carbons (Fsp3) is 0.650. The van der Waals surface area contributed by atoms with Crippen molar-refractivity contribution in [2.45, 2.75) is 45.6 Å². The lowest BCUT2D eigenvalue weighted by Crippen LogP contribution is -2.42. The third-order valence-corrected chi connectivity index (χ3v) is 4.97. The van der Waals surface area contributed by atoms with Crippen LogP contribution >= 0.6 is 24.0 Å². The zero-order valence-electron chi connectivity index (χ0n) is 16.5. The van der Waals surface area contributed by atoms with E-state index in [4.69, 9.17) is 14.5 Å². The first kappa shape index (κ1) is 22.1. The maximum atomic E-state index is 5.78. The molecule has 2 aliphatic rings. The zero-order chi connectivity index (χ0) is 18.2. The van der Waals surface area contributed by atoms with Gasteiger partial charge < -0.3 is 20.1 Å². The highest BCUT2D eigenvalue weighted by Gasteiger charge is 2.20. The van der Waals surface area contributed by atoms with Gasteiger partial charge >= 0.3 is 0 Å². The first-order valence-electron chi connectivity index (χ1n) is 9.99. The second-order valence-corrected chi connectivity index (χ2v) is 6.83. The van der Waals surface area contributed by atoms with Crippen LogP contribution in [0.1, 0.15) is 39.5 Å². The molecule has 0 radical (unpaired) electrons. The number of benzene rings is 1. The summed E-state index contributed by atoms with van der Waals surface area (Å²) in [6, 6.07) is 6.52. The molecule has 2 aliphatic heterocycles. The summed E-state index contributed by atoms with van der Waals surface area (Å²) in [6.45, 7) is 9.69. The minimum Gasteiger partial charge on any atom is -0.490 e. The number of halogens is 1. The van der Waals surface area contributed by atoms with Crippen LogP contribution in [0.3, 0.4) is 0 Å². The third-order valence-electron chi connectivity index (χ3n) is 4.97. The van der Waals surface area contributed by atoms with Gasteiger partial charge in [0.1, 0.15) is 0 Å². The standard InChI is InChI=1S/C20H32N4O2.HI/c1-3-21-20(22-15-17-8-5-6-11-24(17)4-2)23-16-9-10-18-19(14-16)26-13-7-12-25-18;/h9-10,14,17H,3-8,11-13,15H2,1-2H3,(H2,21,22,23);1H. The number of rotatable bonds is 5. The zero-order valence-corrected chi connectivity index (χ0v) is 18.8. The van der Waals surface area contributed by atoms with Crippen LogP contribution < -0.4 is 20.1 Å². The predicted octanol–water partition coefficient (Wildman–Crippen LogP) is 3.72. The molecule has 0 spiro atoms. The van der Waals surface area contributed by atoms with Gasteiger partial charge in [-0.25, -0.2) is 0 Å². The molecule has 1 unspecified atom stereocenters. The number of anilines is 1. The summed E-state index contributed by atoms with van der Waals surface area (Å²) in [5.74, 6) is 2.44. The lowest BCUT2D eigenvalue weighted by atomic mass is 10.0. The Balaban J connectivity index is 0.00000261. The van der Waals surface area contributed by atoms with Crippen molar-refractivity contribution in [3.8, 4) is 11.5 Å². The summed E-state index contributed by atoms with van der Waals surface area (Å²) in [5.41, 5.74) is 0.963. The highest BCUT2D eigenvalue weighted by Crippen LogP contribution is 2.32. The number of aliphatic imine (C=N–C) groups is 1. The molecule has 0 saturated carbocycles. The molecule has 3 rings (SSSR count). The van der Waals surface area contributed by atoms with Crippen LogP contribution in [0.25, 0.3) is 0 Å². The van der Waals surface area contributed by atoms with Gasteiger partial charge in [0, 0.05) is 30.8 Å². The van der Waals surface area contributed by atoms with Crippen LogP contribution in [-0.4, -0.2) is 56.3 Å². The van der Waals surface area contributed by atoms with E-state index in [1.165, 1.54) is 25.8 Å². The number of fused-ring (bicyclic) bond motifs is 1. The van der Waals surface area contributed by atoms with Crippen molar-refractivity contribution < 1.29 is 9.47 Å². The maximum Gasteiger partial charge on any atom is 0.195 e. The average Bonchev–Trinajstić information content (AvgIpc) is 2.91. The molecule has 1 aromatic rings. The Morgan fingerprint density at radius 3 is 2.74 bits per heavy atom. The largest absolute Gasteiger partial charge is 0.490 e. The predicted molar refractivity (Wildman–Crippen MR) is 122 cm³/mol. The fourth-order valence-corrected chi connectivity index (χ4v) is 3.56. The van der Waals surface area contributed by atoms with Gasteiger partial charge in [-0.05, 0) is 45.0 Å². The number of hydrogen-bond acceptors (Lipinski definition) is 4. The Morgan fingerprint density at radius 2 is 1.96 bits per heavy atom. The summed E-state index contributed by atoms with van der Waals surface area (Å²) >= 11 is 0. The first-order valence-corrected chi connectivity index (χ1v) is 9.99. The Hall–Kier alpha value is -1.22. The van der Waals surface area contributed by atoms with Gasteiger partial charge in [0.2, 0.25) is 0 Å². The van der Waals surface area contributed by atoms with Crippen LogP contribution in [0.2, 0.25) is 0 Å². The Kier molecular flexibility index (Phi) is 9.47. The fourth-order valence-electron chi connectivity index (χ4n) is 3.56. The van der Waals surface area contributed by atoms with E-state index in [0.29, 0.717) is 19.3 Å². The number of likely N-dealkylation sites (tertiary alicyclic amines) is 1. The third kappa shape index (κ3) is 6.41. The smallest absolute Gasteiger partial charge is 0.195 e. The molecule has 1 fully saturated rings. The Labute approximate surface area is 180 Å². The summed E-state index contributed by atoms with van der Waals surface area (Å²) in [4.78, 5) is 7.39. The molecule has 27 heavy (non-hydrogen) atoms. The summed E-state index contributed by atoms with van der Waals surface area (Å²) in [5, 5.41) is 6.75. The van der Waals surface area contributed by atoms with Gasteiger partial charge in [-0.2, -0.15) is 0 Å². The van der Waals surface area contributed by atoms with Crippen LogP contribution in [0, 0.1) is 0 Å². The molecule has 152 valence electrons. The average molecular weight is 488 g/mol. The van der Waals surface area contributed by atoms with E-state index in [0.717, 1.165) is 49.2 Å². The number of hydrogen-bond donors (Lipinski definition) is 2. The molecule has 1 saturated heterocycles. The quantitative estimate of drug-likeness (QED) is 0.376. The monoisotopic (exact) mass is 488 g/mol. The molecule has 0 bridgehead atoms. The highest BCUT2D eigenvalue weighted by molar-refractivity contribution is 14.0. The number of nitrogens with zero attached hydrogens (tertiary/aromatic N) is 2. The van der Waals surface area contributed by atoms with Crippen molar-refractivity contribution in [2.75, 3.05) is 44.7 Å². The molecule has 1 aromatic carbocycles. The lowest BCUT2D eigenvalue weighted by Gasteiger charge is -2.34. The number of likely N-dealkylation sites (N-methyl/N-ethyl adjacent to an activating group) is 1. The van der Waals surface area contributed by atoms with Gasteiger partial charge in [0.25, 0.3) is 0 Å². The molecule has 0 amide bonds. The number of ether oxygens (including phenoxy) is 2. The summed E-state index contributed by atoms with van der Waals surface area (Å²) < 4.78 is 11.5. The number of nitrogens with one attached hydrogen (secondary N) is 2. The van der Waals surface area contributed by atoms with Crippen molar-refractivity contribution in [2.24, 2.45) is 4.99 Å². The molecular formula is C20H33IN4O2. The van der Waals surface area contributed by atoms with E-state index in [9.17, 15) is 0 Å². The first-order chi connectivity index (χ1) is 12.8. The van der Waals surface area contributed by atoms with E-state index in [2.05, 4.69) is 29.4 Å². The van der Waals surface area contributed by atoms with Gasteiger partial charge in [-0.3, -0.25) is 9.89 Å². The molecule has 2 N–H and O–H groups in total. The van der Waals surface area contributed by atoms with E-state index < -0.39 is 0 Å². The molecule has 2 heterocycles. The summed E-state index contributed by atoms with van der Waals surface area (Å²) in [6.07, 6.45) is 4.77. The Bertz CT molecular complexity index is 612. The van der Waals surface area contributed by atoms with Crippen molar-refractivity contribution in [1.29, 1.82) is 0 Å². The topological polar surface area (TPSA) is 58.1 Å². The van der Waals surface area contributed by atoms with Crippen LogP contribution in [-0.2, 0) is 0 Å². The van der Waals surface area contributed by atoms with Crippen molar-refractivity contribution in [3.63, 3.8) is 0 Å². The summed E-state index contributed by atoms with van der Waals surface area (Å²) in [7, 11) is 0. The van der Waals surface area contributed by atoms with Crippen LogP contribution in [0.4, 0.5) is 5.69 Å². The van der Waals surface area contributed by atoms with E-state index >= 15 is 0 Å². The molecule has 0 aromatic heterocycles. The maximum absolute atomic E-state index is 5.78. The highest BCUT2D eigenvalue weighted by atomic mass is 127. The molecule has 1 atom stereocenters. The van der Waals surface area contributed by atoms with Gasteiger partial charge in [-0.15, -0.1) is 24.0 Å². The normalized spacial score (nSPS) is 20.4. The van der Waals surface area contributed by atoms with E-state index in [1.807, 2.05) is 18.2 Å². The van der Waals surface area contributed by atoms with E-state index in [-0.39, 0.29) is 24.0 Å². The van der Waals surface area contributed by atoms with Crippen molar-refractivity contribution >= 4 is 35.6 Å². The SMILES string of the molecule is CCNC(=NCC1CCCCN1CC)Nc1ccc2c(c1)OCCCO2.I. The molecular weight excluding hydrogens is 455 g/mol. The number of guanidine groups is 1. The second kappa shape index (κ2) is 11.6. The van der Waals surface area contributed by atoms with E-state index in [1.54, 1.807) is 0 Å². The molecule has 6 nitrogen and oxygen atoms in total. The molecule has 7 heteroatoms. The minimum atomic E-state index is 0. The van der Waals surface area contributed by atoms with Gasteiger partial charge in [0.05, 0.1) is 19.8 Å². The van der Waals surface area contributed by atoms with Gasteiger partial charge in [-0.1, -0.05) is 13.3 Å². The Morgan fingerprint density at radius 1 is 1.15 bits per heavy atom. The second-order valence-electron chi connectivity index (χ2n) is 6.83. The minimum absolute atomic E-state index is 0. The van der Waals surface area contributed by atoms with Gasteiger partial charge in [0.15, 0.2) is 17.5 Å². The van der Waals surface area contributed by atoms with Crippen LogP contribution in [0.5, 0.6) is 11.5 Å². The van der Waals surface area contributed by atoms with Crippen molar-refractivity contribution in [3.05, 3.63) is 18.2 Å². The van der Waals surface area contributed by atoms with Crippen LogP contribution in [0.15, 0.2) is 23.2 Å². The van der Waals surface area contributed by atoms with Crippen molar-refractivity contribution in [1.82, 2.24) is 10.2 Å².